The molecule has 1 fully saturated rings. The molecule has 1 aromatic heterocycles. The van der Waals surface area contributed by atoms with E-state index in [2.05, 4.69) is 11.4 Å². The van der Waals surface area contributed by atoms with Gasteiger partial charge in [0, 0.05) is 24.5 Å². The van der Waals surface area contributed by atoms with Gasteiger partial charge in [-0.15, -0.1) is 11.3 Å². The Labute approximate surface area is 116 Å². The number of morpholine rings is 1. The Bertz CT molecular complexity index is 474. The molecule has 1 N–H and O–H groups in total. The molecule has 1 aromatic rings. The highest BCUT2D eigenvalue weighted by atomic mass is 32.1. The molecule has 102 valence electrons. The number of ether oxygens (including phenoxy) is 1. The van der Waals surface area contributed by atoms with Crippen molar-refractivity contribution in [3.8, 4) is 6.07 Å². The Morgan fingerprint density at radius 2 is 2.32 bits per heavy atom. The zero-order valence-electron chi connectivity index (χ0n) is 10.9. The fourth-order valence-electron chi connectivity index (χ4n) is 1.93. The van der Waals surface area contributed by atoms with Crippen molar-refractivity contribution in [3.63, 3.8) is 0 Å². The zero-order chi connectivity index (χ0) is 13.7. The van der Waals surface area contributed by atoms with E-state index in [0.29, 0.717) is 37.7 Å². The zero-order valence-corrected chi connectivity index (χ0v) is 11.7. The van der Waals surface area contributed by atoms with Crippen molar-refractivity contribution in [1.82, 2.24) is 10.2 Å². The monoisotopic (exact) mass is 279 g/mol. The number of nitriles is 1. The van der Waals surface area contributed by atoms with Crippen molar-refractivity contribution < 1.29 is 9.53 Å². The Morgan fingerprint density at radius 1 is 1.58 bits per heavy atom. The van der Waals surface area contributed by atoms with Crippen LogP contribution in [-0.4, -0.2) is 43.2 Å². The topological polar surface area (TPSA) is 65.4 Å². The summed E-state index contributed by atoms with van der Waals surface area (Å²) >= 11 is 1.45. The molecular formula is C13H17N3O2S. The van der Waals surface area contributed by atoms with Crippen LogP contribution in [0.2, 0.25) is 0 Å². The number of hydrogen-bond donors (Lipinski definition) is 1. The van der Waals surface area contributed by atoms with E-state index in [0.717, 1.165) is 4.88 Å². The highest BCUT2D eigenvalue weighted by Gasteiger charge is 2.21. The number of carbonyl (C=O) groups excluding carboxylic acids is 1. The lowest BCUT2D eigenvalue weighted by Crippen LogP contribution is -2.48. The molecule has 1 unspecified atom stereocenters. The minimum Gasteiger partial charge on any atom is -0.378 e. The van der Waals surface area contributed by atoms with Crippen LogP contribution in [0, 0.1) is 11.3 Å². The van der Waals surface area contributed by atoms with E-state index >= 15 is 0 Å². The van der Waals surface area contributed by atoms with Crippen LogP contribution in [0.25, 0.3) is 0 Å². The van der Waals surface area contributed by atoms with E-state index in [1.54, 1.807) is 6.07 Å². The van der Waals surface area contributed by atoms with Gasteiger partial charge < -0.3 is 15.0 Å². The molecule has 0 aromatic carbocycles. The minimum atomic E-state index is -0.217. The van der Waals surface area contributed by atoms with E-state index in [9.17, 15) is 4.79 Å². The van der Waals surface area contributed by atoms with E-state index in [1.807, 2.05) is 17.9 Å². The molecule has 1 aliphatic rings. The standard InChI is InChI=1S/C13H17N3O2S/c1-10(13(17)16-4-6-18-7-5-16)15-9-12-3-2-11(8-14)19-12/h2-3,10,15H,4-7,9H2,1H3. The maximum Gasteiger partial charge on any atom is 0.239 e. The number of carbonyl (C=O) groups is 1. The molecule has 0 radical (unpaired) electrons. The first-order valence-electron chi connectivity index (χ1n) is 6.29. The third kappa shape index (κ3) is 3.77. The van der Waals surface area contributed by atoms with Crippen molar-refractivity contribution in [1.29, 1.82) is 5.26 Å². The summed E-state index contributed by atoms with van der Waals surface area (Å²) in [7, 11) is 0. The van der Waals surface area contributed by atoms with Crippen LogP contribution >= 0.6 is 11.3 Å². The average molecular weight is 279 g/mol. The Kier molecular flexibility index (Phi) is 4.91. The highest BCUT2D eigenvalue weighted by molar-refractivity contribution is 7.12. The summed E-state index contributed by atoms with van der Waals surface area (Å²) in [6.07, 6.45) is 0. The Morgan fingerprint density at radius 3 is 2.95 bits per heavy atom. The summed E-state index contributed by atoms with van der Waals surface area (Å²) in [6, 6.07) is 5.61. The number of thiophene rings is 1. The molecule has 1 saturated heterocycles. The van der Waals surface area contributed by atoms with Gasteiger partial charge in [-0.3, -0.25) is 4.79 Å². The lowest BCUT2D eigenvalue weighted by Gasteiger charge is -2.29. The van der Waals surface area contributed by atoms with Gasteiger partial charge in [0.15, 0.2) is 0 Å². The number of nitrogens with zero attached hydrogens (tertiary/aromatic N) is 2. The number of amides is 1. The molecule has 0 spiro atoms. The van der Waals surface area contributed by atoms with Gasteiger partial charge in [0.25, 0.3) is 0 Å². The second-order valence-corrected chi connectivity index (χ2v) is 5.59. The largest absolute Gasteiger partial charge is 0.378 e. The third-order valence-corrected chi connectivity index (χ3v) is 4.04. The molecule has 2 rings (SSSR count). The van der Waals surface area contributed by atoms with Gasteiger partial charge in [-0.25, -0.2) is 0 Å². The van der Waals surface area contributed by atoms with Gasteiger partial charge in [0.2, 0.25) is 5.91 Å². The smallest absolute Gasteiger partial charge is 0.239 e. The van der Waals surface area contributed by atoms with E-state index in [1.165, 1.54) is 11.3 Å². The molecular weight excluding hydrogens is 262 g/mol. The van der Waals surface area contributed by atoms with Crippen LogP contribution in [-0.2, 0) is 16.1 Å². The van der Waals surface area contributed by atoms with Crippen molar-refractivity contribution in [2.75, 3.05) is 26.3 Å². The van der Waals surface area contributed by atoms with Crippen molar-refractivity contribution >= 4 is 17.2 Å². The van der Waals surface area contributed by atoms with Gasteiger partial charge in [-0.1, -0.05) is 0 Å². The molecule has 0 aliphatic carbocycles. The molecule has 1 atom stereocenters. The molecule has 1 aliphatic heterocycles. The van der Waals surface area contributed by atoms with Crippen LogP contribution in [0.1, 0.15) is 16.7 Å². The van der Waals surface area contributed by atoms with Gasteiger partial charge >= 0.3 is 0 Å². The maximum absolute atomic E-state index is 12.1. The third-order valence-electron chi connectivity index (χ3n) is 3.05. The normalized spacial score (nSPS) is 16.9. The van der Waals surface area contributed by atoms with Crippen molar-refractivity contribution in [2.24, 2.45) is 0 Å². The molecule has 5 nitrogen and oxygen atoms in total. The van der Waals surface area contributed by atoms with Gasteiger partial charge in [-0.05, 0) is 19.1 Å². The van der Waals surface area contributed by atoms with Crippen molar-refractivity contribution in [2.45, 2.75) is 19.5 Å². The fourth-order valence-corrected chi connectivity index (χ4v) is 2.69. The molecule has 6 heteroatoms. The van der Waals surface area contributed by atoms with Crippen LogP contribution in [0.5, 0.6) is 0 Å². The van der Waals surface area contributed by atoms with E-state index in [-0.39, 0.29) is 11.9 Å². The summed E-state index contributed by atoms with van der Waals surface area (Å²) in [5.41, 5.74) is 0. The lowest BCUT2D eigenvalue weighted by molar-refractivity contribution is -0.137. The summed E-state index contributed by atoms with van der Waals surface area (Å²) in [6.45, 7) is 5.06. The fraction of sp³-hybridized carbons (Fsp3) is 0.538. The predicted molar refractivity (Wildman–Crippen MR) is 72.7 cm³/mol. The summed E-state index contributed by atoms with van der Waals surface area (Å²) in [4.78, 5) is 15.7. The first-order valence-corrected chi connectivity index (χ1v) is 7.11. The average Bonchev–Trinajstić information content (AvgIpc) is 2.93. The maximum atomic E-state index is 12.1. The van der Waals surface area contributed by atoms with Crippen LogP contribution in [0.15, 0.2) is 12.1 Å². The number of hydrogen-bond acceptors (Lipinski definition) is 5. The molecule has 0 saturated carbocycles. The Hall–Kier alpha value is -1.42. The Balaban J connectivity index is 1.81. The second-order valence-electron chi connectivity index (χ2n) is 4.42. The summed E-state index contributed by atoms with van der Waals surface area (Å²) in [5, 5.41) is 12.0. The van der Waals surface area contributed by atoms with Gasteiger partial charge in [-0.2, -0.15) is 5.26 Å². The van der Waals surface area contributed by atoms with E-state index in [4.69, 9.17) is 10.00 Å². The van der Waals surface area contributed by atoms with E-state index < -0.39 is 0 Å². The number of rotatable bonds is 4. The first kappa shape index (κ1) is 14.0. The minimum absolute atomic E-state index is 0.111. The van der Waals surface area contributed by atoms with Crippen LogP contribution < -0.4 is 5.32 Å². The van der Waals surface area contributed by atoms with Gasteiger partial charge in [0.1, 0.15) is 10.9 Å². The number of nitrogens with one attached hydrogen (secondary N) is 1. The highest BCUT2D eigenvalue weighted by Crippen LogP contribution is 2.15. The predicted octanol–water partition coefficient (Wildman–Crippen LogP) is 0.957. The summed E-state index contributed by atoms with van der Waals surface area (Å²) in [5.74, 6) is 0.111. The van der Waals surface area contributed by atoms with Crippen LogP contribution in [0.4, 0.5) is 0 Å². The lowest BCUT2D eigenvalue weighted by atomic mass is 10.2. The summed E-state index contributed by atoms with van der Waals surface area (Å²) < 4.78 is 5.23. The molecule has 0 bridgehead atoms. The quantitative estimate of drug-likeness (QED) is 0.891. The molecule has 2 heterocycles. The van der Waals surface area contributed by atoms with Gasteiger partial charge in [0.05, 0.1) is 19.3 Å². The molecule has 19 heavy (non-hydrogen) atoms. The second kappa shape index (κ2) is 6.66. The molecule has 1 amide bonds. The van der Waals surface area contributed by atoms with Crippen molar-refractivity contribution in [3.05, 3.63) is 21.9 Å². The SMILES string of the molecule is CC(NCc1ccc(C#N)s1)C(=O)N1CCOCC1. The van der Waals surface area contributed by atoms with Crippen LogP contribution in [0.3, 0.4) is 0 Å². The first-order chi connectivity index (χ1) is 9.20.